The first kappa shape index (κ1) is 27.0. The van der Waals surface area contributed by atoms with Crippen molar-refractivity contribution in [3.8, 4) is 0 Å². The molecule has 0 spiro atoms. The maximum Gasteiger partial charge on any atom is 0.251 e. The van der Waals surface area contributed by atoms with Gasteiger partial charge in [-0.1, -0.05) is 62.4 Å². The Morgan fingerprint density at radius 3 is 2.35 bits per heavy atom. The number of carbonyl (C=O) groups is 3. The average molecular weight is 506 g/mol. The summed E-state index contributed by atoms with van der Waals surface area (Å²) in [7, 11) is 0. The number of ketones is 1. The highest BCUT2D eigenvalue weighted by molar-refractivity contribution is 5.99. The summed E-state index contributed by atoms with van der Waals surface area (Å²) in [5.74, 6) is -0.761. The summed E-state index contributed by atoms with van der Waals surface area (Å²) in [6, 6.07) is 17.7. The molecular formula is C30H39N3O4. The Kier molecular flexibility index (Phi) is 9.11. The van der Waals surface area contributed by atoms with E-state index in [1.807, 2.05) is 24.3 Å². The number of nitrogens with zero attached hydrogens (tertiary/aromatic N) is 1. The minimum absolute atomic E-state index is 0.00701. The Bertz CT molecular complexity index is 1050. The van der Waals surface area contributed by atoms with Crippen molar-refractivity contribution in [3.05, 3.63) is 71.8 Å². The second-order valence-corrected chi connectivity index (χ2v) is 11.1. The molecule has 2 heterocycles. The van der Waals surface area contributed by atoms with Gasteiger partial charge in [0.1, 0.15) is 18.7 Å². The molecule has 2 amide bonds. The van der Waals surface area contributed by atoms with E-state index >= 15 is 0 Å². The molecule has 0 aliphatic carbocycles. The van der Waals surface area contributed by atoms with Crippen LogP contribution in [0.5, 0.6) is 0 Å². The van der Waals surface area contributed by atoms with E-state index < -0.39 is 12.1 Å². The molecule has 198 valence electrons. The smallest absolute Gasteiger partial charge is 0.251 e. The Morgan fingerprint density at radius 2 is 1.68 bits per heavy atom. The van der Waals surface area contributed by atoms with E-state index in [0.29, 0.717) is 18.5 Å². The molecule has 2 saturated heterocycles. The number of hydrogen-bond acceptors (Lipinski definition) is 5. The predicted octanol–water partition coefficient (Wildman–Crippen LogP) is 3.38. The maximum absolute atomic E-state index is 13.6. The average Bonchev–Trinajstić information content (AvgIpc) is 3.54. The quantitative estimate of drug-likeness (QED) is 0.489. The van der Waals surface area contributed by atoms with E-state index in [1.165, 1.54) is 5.56 Å². The van der Waals surface area contributed by atoms with E-state index in [9.17, 15) is 14.4 Å². The van der Waals surface area contributed by atoms with E-state index in [4.69, 9.17) is 4.74 Å². The Hall–Kier alpha value is -3.03. The third kappa shape index (κ3) is 7.73. The van der Waals surface area contributed by atoms with Crippen LogP contribution in [0.3, 0.4) is 0 Å². The number of aryl methyl sites for hydroxylation is 1. The van der Waals surface area contributed by atoms with Gasteiger partial charge >= 0.3 is 0 Å². The molecule has 2 N–H and O–H groups in total. The van der Waals surface area contributed by atoms with Gasteiger partial charge in [-0.3, -0.25) is 14.4 Å². The molecule has 7 nitrogen and oxygen atoms in total. The molecule has 0 saturated carbocycles. The first-order valence-electron chi connectivity index (χ1n) is 13.4. The lowest BCUT2D eigenvalue weighted by Crippen LogP contribution is -2.55. The topological polar surface area (TPSA) is 87.7 Å². The van der Waals surface area contributed by atoms with Crippen LogP contribution in [0.25, 0.3) is 0 Å². The zero-order valence-corrected chi connectivity index (χ0v) is 21.9. The number of hydrogen-bond donors (Lipinski definition) is 2. The van der Waals surface area contributed by atoms with Crippen molar-refractivity contribution in [1.82, 2.24) is 15.5 Å². The highest BCUT2D eigenvalue weighted by Gasteiger charge is 2.40. The molecule has 2 aromatic rings. The van der Waals surface area contributed by atoms with Crippen molar-refractivity contribution in [2.24, 2.45) is 5.41 Å². The minimum atomic E-state index is -0.778. The number of rotatable bonds is 11. The third-order valence-corrected chi connectivity index (χ3v) is 7.44. The minimum Gasteiger partial charge on any atom is -0.366 e. The number of likely N-dealkylation sites (tertiary alicyclic amines) is 1. The lowest BCUT2D eigenvalue weighted by atomic mass is 9.80. The highest BCUT2D eigenvalue weighted by Crippen LogP contribution is 2.29. The summed E-state index contributed by atoms with van der Waals surface area (Å²) in [6.45, 7) is 6.84. The molecule has 37 heavy (non-hydrogen) atoms. The third-order valence-electron chi connectivity index (χ3n) is 7.44. The van der Waals surface area contributed by atoms with Gasteiger partial charge in [-0.25, -0.2) is 0 Å². The van der Waals surface area contributed by atoms with Crippen molar-refractivity contribution in [1.29, 1.82) is 0 Å². The molecule has 7 heteroatoms. The molecule has 2 fully saturated rings. The summed E-state index contributed by atoms with van der Waals surface area (Å²) in [5.41, 5.74) is 1.50. The molecule has 2 unspecified atom stereocenters. The largest absolute Gasteiger partial charge is 0.366 e. The molecule has 2 aromatic carbocycles. The van der Waals surface area contributed by atoms with Gasteiger partial charge in [0.2, 0.25) is 5.91 Å². The fourth-order valence-corrected chi connectivity index (χ4v) is 5.21. The number of amides is 2. The van der Waals surface area contributed by atoms with Crippen LogP contribution < -0.4 is 10.6 Å². The van der Waals surface area contributed by atoms with Gasteiger partial charge in [-0.15, -0.1) is 0 Å². The number of carbonyl (C=O) groups excluding carboxylic acids is 3. The van der Waals surface area contributed by atoms with Gasteiger partial charge in [0.15, 0.2) is 5.78 Å². The van der Waals surface area contributed by atoms with Crippen LogP contribution in [0.15, 0.2) is 60.7 Å². The standard InChI is InChI=1S/C30H39N3O4/c1-30(2,16-15-22-11-5-3-6-12-22)19-24(31-28(35)23-13-7-4-8-14-23)29(36)32-27-25(34)21-37-26(27)20-33-17-9-10-18-33/h3-8,11-14,24,26-27H,9-10,15-21H2,1-2H3,(H,31,35)(H,32,36)/t24-,26?,27?/m0/s1. The van der Waals surface area contributed by atoms with E-state index in [1.54, 1.807) is 24.3 Å². The van der Waals surface area contributed by atoms with Gasteiger partial charge in [0, 0.05) is 12.1 Å². The normalized spacial score (nSPS) is 21.1. The van der Waals surface area contributed by atoms with Gasteiger partial charge in [-0.05, 0) is 68.3 Å². The monoisotopic (exact) mass is 505 g/mol. The fourth-order valence-electron chi connectivity index (χ4n) is 5.21. The van der Waals surface area contributed by atoms with Crippen LogP contribution in [0.1, 0.15) is 55.5 Å². The molecule has 0 aromatic heterocycles. The second-order valence-electron chi connectivity index (χ2n) is 11.1. The Labute approximate surface area is 220 Å². The van der Waals surface area contributed by atoms with E-state index in [2.05, 4.69) is 41.5 Å². The van der Waals surface area contributed by atoms with Crippen molar-refractivity contribution in [3.63, 3.8) is 0 Å². The lowest BCUT2D eigenvalue weighted by molar-refractivity contribution is -0.128. The molecule has 4 rings (SSSR count). The van der Waals surface area contributed by atoms with Crippen molar-refractivity contribution in [2.75, 3.05) is 26.2 Å². The van der Waals surface area contributed by atoms with Crippen molar-refractivity contribution >= 4 is 17.6 Å². The van der Waals surface area contributed by atoms with Crippen molar-refractivity contribution in [2.45, 2.75) is 64.1 Å². The van der Waals surface area contributed by atoms with Crippen LogP contribution in [0.2, 0.25) is 0 Å². The summed E-state index contributed by atoms with van der Waals surface area (Å²) in [5, 5.41) is 5.90. The molecule has 2 aliphatic heterocycles. The fraction of sp³-hybridized carbons (Fsp3) is 0.500. The number of nitrogens with one attached hydrogen (secondary N) is 2. The number of Topliss-reactive ketones (excluding diaryl/α,β-unsaturated/α-hetero) is 1. The van der Waals surface area contributed by atoms with Crippen LogP contribution in [0.4, 0.5) is 0 Å². The molecule has 3 atom stereocenters. The van der Waals surface area contributed by atoms with Gasteiger partial charge in [-0.2, -0.15) is 0 Å². The summed E-state index contributed by atoms with van der Waals surface area (Å²) >= 11 is 0. The molecule has 0 radical (unpaired) electrons. The van der Waals surface area contributed by atoms with Crippen LogP contribution in [-0.4, -0.2) is 66.9 Å². The first-order valence-corrected chi connectivity index (χ1v) is 13.4. The van der Waals surface area contributed by atoms with E-state index in [0.717, 1.165) is 38.8 Å². The lowest BCUT2D eigenvalue weighted by Gasteiger charge is -2.31. The Morgan fingerprint density at radius 1 is 1.03 bits per heavy atom. The van der Waals surface area contributed by atoms with Crippen LogP contribution in [-0.2, 0) is 20.7 Å². The van der Waals surface area contributed by atoms with Gasteiger partial charge in [0.25, 0.3) is 5.91 Å². The maximum atomic E-state index is 13.6. The summed E-state index contributed by atoms with van der Waals surface area (Å²) in [4.78, 5) is 41.6. The highest BCUT2D eigenvalue weighted by atomic mass is 16.5. The predicted molar refractivity (Wildman–Crippen MR) is 143 cm³/mol. The van der Waals surface area contributed by atoms with Crippen molar-refractivity contribution < 1.29 is 19.1 Å². The summed E-state index contributed by atoms with van der Waals surface area (Å²) < 4.78 is 5.77. The SMILES string of the molecule is CC(C)(CCc1ccccc1)C[C@H](NC(=O)c1ccccc1)C(=O)NC1C(=O)COC1CN1CCCC1. The molecule has 2 aliphatic rings. The molecule has 0 bridgehead atoms. The number of benzene rings is 2. The summed E-state index contributed by atoms with van der Waals surface area (Å²) in [6.07, 6.45) is 4.09. The zero-order valence-electron chi connectivity index (χ0n) is 21.9. The van der Waals surface area contributed by atoms with Crippen LogP contribution >= 0.6 is 0 Å². The van der Waals surface area contributed by atoms with E-state index in [-0.39, 0.29) is 35.7 Å². The van der Waals surface area contributed by atoms with Gasteiger partial charge in [0.05, 0.1) is 6.10 Å². The zero-order chi connectivity index (χ0) is 26.3. The number of ether oxygens (including phenoxy) is 1. The second kappa shape index (κ2) is 12.5. The molecular weight excluding hydrogens is 466 g/mol. The Balaban J connectivity index is 1.45. The van der Waals surface area contributed by atoms with Gasteiger partial charge < -0.3 is 20.3 Å². The first-order chi connectivity index (χ1) is 17.8. The van der Waals surface area contributed by atoms with Crippen LogP contribution in [0, 0.1) is 5.41 Å².